The fourth-order valence-corrected chi connectivity index (χ4v) is 1.92. The molecule has 0 fully saturated rings. The predicted molar refractivity (Wildman–Crippen MR) is 73.3 cm³/mol. The van der Waals surface area contributed by atoms with E-state index in [4.69, 9.17) is 21.5 Å². The number of halogens is 1. The first-order chi connectivity index (χ1) is 9.28. The fraction of sp³-hybridized carbons (Fsp3) is 0. The second-order valence-electron chi connectivity index (χ2n) is 3.84. The molecule has 1 heterocycles. The first-order valence-electron chi connectivity index (χ1n) is 5.48. The molecule has 0 N–H and O–H groups in total. The van der Waals surface area contributed by atoms with Gasteiger partial charge in [-0.05, 0) is 35.9 Å². The summed E-state index contributed by atoms with van der Waals surface area (Å²) in [5.41, 5.74) is 11.0. The van der Waals surface area contributed by atoms with E-state index in [2.05, 4.69) is 15.0 Å². The smallest absolute Gasteiger partial charge is 0.227 e. The van der Waals surface area contributed by atoms with Crippen LogP contribution in [0.3, 0.4) is 0 Å². The van der Waals surface area contributed by atoms with Crippen molar-refractivity contribution in [1.29, 1.82) is 0 Å². The summed E-state index contributed by atoms with van der Waals surface area (Å²) in [4.78, 5) is 7.10. The van der Waals surface area contributed by atoms with E-state index in [9.17, 15) is 0 Å². The molecule has 0 aliphatic carbocycles. The summed E-state index contributed by atoms with van der Waals surface area (Å²) in [6, 6.07) is 12.5. The predicted octanol–water partition coefficient (Wildman–Crippen LogP) is 5.09. The third-order valence-corrected chi connectivity index (χ3v) is 2.96. The lowest BCUT2D eigenvalue weighted by atomic mass is 10.2. The molecule has 19 heavy (non-hydrogen) atoms. The van der Waals surface area contributed by atoms with Crippen LogP contribution in [0.4, 0.5) is 5.69 Å². The number of para-hydroxylation sites is 2. The maximum absolute atomic E-state index is 8.48. The van der Waals surface area contributed by atoms with Crippen LogP contribution in [0, 0.1) is 0 Å². The largest absolute Gasteiger partial charge is 0.436 e. The summed E-state index contributed by atoms with van der Waals surface area (Å²) in [6.07, 6.45) is 0. The van der Waals surface area contributed by atoms with E-state index in [-0.39, 0.29) is 0 Å². The molecule has 6 heteroatoms. The molecule has 0 amide bonds. The molecule has 92 valence electrons. The number of benzene rings is 2. The van der Waals surface area contributed by atoms with Crippen molar-refractivity contribution in [2.75, 3.05) is 0 Å². The van der Waals surface area contributed by atoms with E-state index in [1.165, 1.54) is 0 Å². The molecule has 2 aromatic carbocycles. The number of fused-ring (bicyclic) bond motifs is 1. The minimum Gasteiger partial charge on any atom is -0.436 e. The Bertz CT molecular complexity index is 772. The van der Waals surface area contributed by atoms with Crippen molar-refractivity contribution in [3.05, 3.63) is 57.9 Å². The maximum atomic E-state index is 8.48. The molecule has 0 spiro atoms. The van der Waals surface area contributed by atoms with Crippen molar-refractivity contribution in [1.82, 2.24) is 4.98 Å². The van der Waals surface area contributed by atoms with Gasteiger partial charge in [-0.25, -0.2) is 4.98 Å². The highest BCUT2D eigenvalue weighted by molar-refractivity contribution is 6.33. The number of hydrogen-bond acceptors (Lipinski definition) is 3. The lowest BCUT2D eigenvalue weighted by molar-refractivity contribution is 0.620. The van der Waals surface area contributed by atoms with Gasteiger partial charge >= 0.3 is 0 Å². The quantitative estimate of drug-likeness (QED) is 0.369. The van der Waals surface area contributed by atoms with E-state index in [0.717, 1.165) is 5.52 Å². The summed E-state index contributed by atoms with van der Waals surface area (Å²) < 4.78 is 5.64. The van der Waals surface area contributed by atoms with Crippen molar-refractivity contribution in [2.45, 2.75) is 0 Å². The van der Waals surface area contributed by atoms with Gasteiger partial charge in [0.2, 0.25) is 5.89 Å². The van der Waals surface area contributed by atoms with Crippen molar-refractivity contribution in [2.24, 2.45) is 5.11 Å². The summed E-state index contributed by atoms with van der Waals surface area (Å²) >= 11 is 5.93. The van der Waals surface area contributed by atoms with Gasteiger partial charge in [-0.15, -0.1) is 0 Å². The average molecular weight is 271 g/mol. The number of aromatic nitrogens is 1. The third-order valence-electron chi connectivity index (χ3n) is 2.64. The van der Waals surface area contributed by atoms with Gasteiger partial charge in [0.15, 0.2) is 5.58 Å². The van der Waals surface area contributed by atoms with Crippen LogP contribution >= 0.6 is 11.6 Å². The second-order valence-corrected chi connectivity index (χ2v) is 4.25. The van der Waals surface area contributed by atoms with E-state index >= 15 is 0 Å². The van der Waals surface area contributed by atoms with Gasteiger partial charge in [-0.3, -0.25) is 0 Å². The minimum absolute atomic E-state index is 0.351. The third kappa shape index (κ3) is 2.12. The molecule has 0 radical (unpaired) electrons. The minimum atomic E-state index is 0.351. The lowest BCUT2D eigenvalue weighted by Gasteiger charge is -1.99. The van der Waals surface area contributed by atoms with Crippen LogP contribution in [0.2, 0.25) is 5.02 Å². The normalized spacial score (nSPS) is 10.4. The topological polar surface area (TPSA) is 74.8 Å². The zero-order chi connectivity index (χ0) is 13.2. The number of azide groups is 1. The Hall–Kier alpha value is -2.49. The molecule has 1 aromatic heterocycles. The molecule has 3 aromatic rings. The Kier molecular flexibility index (Phi) is 2.83. The van der Waals surface area contributed by atoms with Crippen LogP contribution in [0.25, 0.3) is 33.0 Å². The van der Waals surface area contributed by atoms with Gasteiger partial charge in [-0.2, -0.15) is 0 Å². The Balaban J connectivity index is 2.15. The van der Waals surface area contributed by atoms with Crippen LogP contribution in [0.15, 0.2) is 52.0 Å². The fourth-order valence-electron chi connectivity index (χ4n) is 1.77. The summed E-state index contributed by atoms with van der Waals surface area (Å²) in [5.74, 6) is 0.465. The maximum Gasteiger partial charge on any atom is 0.227 e. The van der Waals surface area contributed by atoms with Gasteiger partial charge in [-0.1, -0.05) is 28.8 Å². The SMILES string of the molecule is [N-]=[N+]=Nc1cc(-c2nc3ccccc3o2)ccc1Cl. The highest BCUT2D eigenvalue weighted by atomic mass is 35.5. The Labute approximate surface area is 113 Å². The van der Waals surface area contributed by atoms with Crippen LogP contribution in [0.1, 0.15) is 0 Å². The Morgan fingerprint density at radius 1 is 1.21 bits per heavy atom. The van der Waals surface area contributed by atoms with Crippen LogP contribution < -0.4 is 0 Å². The summed E-state index contributed by atoms with van der Waals surface area (Å²) in [5, 5.41) is 3.91. The second kappa shape index (κ2) is 4.65. The monoisotopic (exact) mass is 270 g/mol. The molecule has 0 bridgehead atoms. The highest BCUT2D eigenvalue weighted by Crippen LogP contribution is 2.31. The van der Waals surface area contributed by atoms with Crippen LogP contribution in [-0.4, -0.2) is 4.98 Å². The van der Waals surface area contributed by atoms with E-state index in [1.807, 2.05) is 24.3 Å². The summed E-state index contributed by atoms with van der Waals surface area (Å²) in [7, 11) is 0. The molecular weight excluding hydrogens is 264 g/mol. The number of oxazole rings is 1. The van der Waals surface area contributed by atoms with E-state index in [1.54, 1.807) is 18.2 Å². The molecule has 0 unspecified atom stereocenters. The zero-order valence-corrected chi connectivity index (χ0v) is 10.4. The Morgan fingerprint density at radius 2 is 2.05 bits per heavy atom. The molecule has 0 aliphatic heterocycles. The van der Waals surface area contributed by atoms with Gasteiger partial charge < -0.3 is 4.42 Å². The van der Waals surface area contributed by atoms with Gasteiger partial charge in [0, 0.05) is 10.5 Å². The molecular formula is C13H7ClN4O. The van der Waals surface area contributed by atoms with Gasteiger partial charge in [0.25, 0.3) is 0 Å². The van der Waals surface area contributed by atoms with Crippen LogP contribution in [0.5, 0.6) is 0 Å². The van der Waals surface area contributed by atoms with Crippen molar-refractivity contribution < 1.29 is 4.42 Å². The molecule has 0 aliphatic rings. The number of rotatable bonds is 2. The zero-order valence-electron chi connectivity index (χ0n) is 9.62. The van der Waals surface area contributed by atoms with Crippen molar-refractivity contribution in [3.63, 3.8) is 0 Å². The van der Waals surface area contributed by atoms with Crippen molar-refractivity contribution >= 4 is 28.4 Å². The Morgan fingerprint density at radius 3 is 2.84 bits per heavy atom. The number of nitrogens with zero attached hydrogens (tertiary/aromatic N) is 4. The highest BCUT2D eigenvalue weighted by Gasteiger charge is 2.09. The molecule has 5 nitrogen and oxygen atoms in total. The summed E-state index contributed by atoms with van der Waals surface area (Å²) in [6.45, 7) is 0. The average Bonchev–Trinajstić information content (AvgIpc) is 2.85. The van der Waals surface area contributed by atoms with E-state index in [0.29, 0.717) is 27.7 Å². The standard InChI is InChI=1S/C13H7ClN4O/c14-9-6-5-8(7-11(9)17-18-15)13-16-10-3-1-2-4-12(10)19-13/h1-7H. The molecule has 3 rings (SSSR count). The molecule has 0 saturated carbocycles. The lowest BCUT2D eigenvalue weighted by Crippen LogP contribution is -1.77. The van der Waals surface area contributed by atoms with Crippen LogP contribution in [-0.2, 0) is 0 Å². The molecule has 0 atom stereocenters. The first-order valence-corrected chi connectivity index (χ1v) is 5.86. The number of hydrogen-bond donors (Lipinski definition) is 0. The van der Waals surface area contributed by atoms with E-state index < -0.39 is 0 Å². The van der Waals surface area contributed by atoms with Gasteiger partial charge in [0.05, 0.1) is 10.7 Å². The molecule has 0 saturated heterocycles. The van der Waals surface area contributed by atoms with Crippen molar-refractivity contribution in [3.8, 4) is 11.5 Å². The van der Waals surface area contributed by atoms with Gasteiger partial charge in [0.1, 0.15) is 5.52 Å². The first kappa shape index (κ1) is 11.6.